The average molecular weight is 274 g/mol. The molecule has 1 rings (SSSR count). The van der Waals surface area contributed by atoms with E-state index in [1.54, 1.807) is 0 Å². The minimum Gasteiger partial charge on any atom is -0.404 e. The topological polar surface area (TPSA) is 48.1 Å². The van der Waals surface area contributed by atoms with E-state index in [9.17, 15) is 26.3 Å². The highest BCUT2D eigenvalue weighted by Crippen LogP contribution is 2.34. The third kappa shape index (κ3) is 3.49. The smallest absolute Gasteiger partial charge is 0.404 e. The molecule has 0 fully saturated rings. The number of alkyl halides is 6. The van der Waals surface area contributed by atoms with Crippen molar-refractivity contribution in [2.45, 2.75) is 26.0 Å². The van der Waals surface area contributed by atoms with Gasteiger partial charge in [0, 0.05) is 12.1 Å². The number of hydrogen-bond acceptors (Lipinski definition) is 3. The number of halogens is 6. The normalized spacial score (nSPS) is 12.7. The molecule has 0 aromatic carbocycles. The van der Waals surface area contributed by atoms with Gasteiger partial charge in [0.05, 0.1) is 5.69 Å². The molecule has 0 saturated carbocycles. The molecule has 0 aliphatic rings. The first-order valence-corrected chi connectivity index (χ1v) is 4.58. The largest absolute Gasteiger partial charge is 0.573 e. The summed E-state index contributed by atoms with van der Waals surface area (Å²) in [6, 6.07) is 0.596. The van der Waals surface area contributed by atoms with Crippen molar-refractivity contribution in [3.05, 3.63) is 23.0 Å². The summed E-state index contributed by atoms with van der Waals surface area (Å²) in [5.74, 6) is -0.795. The highest BCUT2D eigenvalue weighted by atomic mass is 19.4. The number of nitrogens with two attached hydrogens (primary N) is 1. The van der Waals surface area contributed by atoms with Gasteiger partial charge in [0.25, 0.3) is 0 Å². The maximum absolute atomic E-state index is 12.5. The summed E-state index contributed by atoms with van der Waals surface area (Å²) in [7, 11) is 0. The van der Waals surface area contributed by atoms with E-state index in [1.165, 1.54) is 0 Å². The summed E-state index contributed by atoms with van der Waals surface area (Å²) in [5.41, 5.74) is 2.67. The molecule has 102 valence electrons. The number of hydrogen-bond donors (Lipinski definition) is 1. The van der Waals surface area contributed by atoms with E-state index < -0.39 is 41.8 Å². The molecule has 2 N–H and O–H groups in total. The standard InChI is InChI=1S/C9H8F6N2O/c1-4-6(18-9(13,14)15)2-5(3-16)7(17-4)8(10,11)12/h2H,3,16H2,1H3. The van der Waals surface area contributed by atoms with Crippen molar-refractivity contribution >= 4 is 0 Å². The van der Waals surface area contributed by atoms with Crippen LogP contribution in [0, 0.1) is 6.92 Å². The Labute approximate surface area is 97.6 Å². The van der Waals surface area contributed by atoms with Crippen molar-refractivity contribution in [2.24, 2.45) is 5.73 Å². The Kier molecular flexibility index (Phi) is 3.75. The lowest BCUT2D eigenvalue weighted by molar-refractivity contribution is -0.275. The van der Waals surface area contributed by atoms with Crippen LogP contribution in [0.15, 0.2) is 6.07 Å². The van der Waals surface area contributed by atoms with Gasteiger partial charge in [-0.05, 0) is 13.0 Å². The molecule has 1 heterocycles. The zero-order valence-corrected chi connectivity index (χ0v) is 8.99. The van der Waals surface area contributed by atoms with E-state index in [0.29, 0.717) is 6.07 Å². The Morgan fingerprint density at radius 2 is 1.78 bits per heavy atom. The van der Waals surface area contributed by atoms with Crippen LogP contribution in [0.25, 0.3) is 0 Å². The molecule has 0 radical (unpaired) electrons. The number of pyridine rings is 1. The summed E-state index contributed by atoms with van der Waals surface area (Å²) in [4.78, 5) is 3.07. The molecule has 0 unspecified atom stereocenters. The van der Waals surface area contributed by atoms with Gasteiger partial charge in [-0.25, -0.2) is 4.98 Å². The van der Waals surface area contributed by atoms with E-state index in [4.69, 9.17) is 5.73 Å². The molecule has 1 aromatic rings. The predicted octanol–water partition coefficient (Wildman–Crippen LogP) is 2.77. The monoisotopic (exact) mass is 274 g/mol. The van der Waals surface area contributed by atoms with Crippen molar-refractivity contribution in [2.75, 3.05) is 0 Å². The van der Waals surface area contributed by atoms with Crippen molar-refractivity contribution in [3.8, 4) is 5.75 Å². The van der Waals surface area contributed by atoms with Gasteiger partial charge in [-0.3, -0.25) is 0 Å². The van der Waals surface area contributed by atoms with Gasteiger partial charge in [-0.15, -0.1) is 13.2 Å². The van der Waals surface area contributed by atoms with Crippen molar-refractivity contribution in [3.63, 3.8) is 0 Å². The van der Waals surface area contributed by atoms with Crippen molar-refractivity contribution < 1.29 is 31.1 Å². The summed E-state index contributed by atoms with van der Waals surface area (Å²) in [6.45, 7) is 0.382. The third-order valence-corrected chi connectivity index (χ3v) is 1.96. The average Bonchev–Trinajstić information content (AvgIpc) is 2.17. The first-order chi connectivity index (χ1) is 8.04. The second-order valence-electron chi connectivity index (χ2n) is 3.33. The molecule has 0 amide bonds. The molecule has 0 saturated heterocycles. The maximum Gasteiger partial charge on any atom is 0.573 e. The minimum absolute atomic E-state index is 0.517. The Balaban J connectivity index is 3.27. The number of rotatable bonds is 2. The quantitative estimate of drug-likeness (QED) is 0.843. The lowest BCUT2D eigenvalue weighted by Gasteiger charge is -2.16. The van der Waals surface area contributed by atoms with Crippen LogP contribution in [0.4, 0.5) is 26.3 Å². The van der Waals surface area contributed by atoms with Crippen LogP contribution in [-0.4, -0.2) is 11.3 Å². The summed E-state index contributed by atoms with van der Waals surface area (Å²) in [5, 5.41) is 0. The first kappa shape index (κ1) is 14.6. The van der Waals surface area contributed by atoms with Crippen molar-refractivity contribution in [1.82, 2.24) is 4.98 Å². The van der Waals surface area contributed by atoms with Gasteiger partial charge < -0.3 is 10.5 Å². The van der Waals surface area contributed by atoms with Crippen LogP contribution in [0.5, 0.6) is 5.75 Å². The fourth-order valence-corrected chi connectivity index (χ4v) is 1.25. The highest BCUT2D eigenvalue weighted by Gasteiger charge is 2.37. The molecular weight excluding hydrogens is 266 g/mol. The Hall–Kier alpha value is -1.51. The van der Waals surface area contributed by atoms with Gasteiger partial charge in [0.2, 0.25) is 0 Å². The summed E-state index contributed by atoms with van der Waals surface area (Å²) in [6.07, 6.45) is -9.78. The number of nitrogens with zero attached hydrogens (tertiary/aromatic N) is 1. The van der Waals surface area contributed by atoms with Crippen LogP contribution in [0.3, 0.4) is 0 Å². The maximum atomic E-state index is 12.5. The molecular formula is C9H8F6N2O. The summed E-state index contributed by atoms with van der Waals surface area (Å²) >= 11 is 0. The van der Waals surface area contributed by atoms with Gasteiger partial charge in [-0.1, -0.05) is 0 Å². The van der Waals surface area contributed by atoms with Crippen LogP contribution >= 0.6 is 0 Å². The molecule has 0 atom stereocenters. The van der Waals surface area contributed by atoms with Crippen LogP contribution in [0.2, 0.25) is 0 Å². The second kappa shape index (κ2) is 4.63. The van der Waals surface area contributed by atoms with E-state index in [1.807, 2.05) is 0 Å². The van der Waals surface area contributed by atoms with Crippen molar-refractivity contribution in [1.29, 1.82) is 0 Å². The molecule has 0 aliphatic carbocycles. The van der Waals surface area contributed by atoms with Gasteiger partial charge in [0.15, 0.2) is 5.75 Å². The second-order valence-corrected chi connectivity index (χ2v) is 3.33. The van der Waals surface area contributed by atoms with E-state index >= 15 is 0 Å². The molecule has 1 aromatic heterocycles. The summed E-state index contributed by atoms with van der Waals surface area (Å²) < 4.78 is 77.0. The van der Waals surface area contributed by atoms with E-state index in [-0.39, 0.29) is 0 Å². The fourth-order valence-electron chi connectivity index (χ4n) is 1.25. The third-order valence-electron chi connectivity index (χ3n) is 1.96. The van der Waals surface area contributed by atoms with Crippen LogP contribution in [-0.2, 0) is 12.7 Å². The Morgan fingerprint density at radius 1 is 1.22 bits per heavy atom. The lowest BCUT2D eigenvalue weighted by atomic mass is 10.1. The fraction of sp³-hybridized carbons (Fsp3) is 0.444. The number of aryl methyl sites for hydroxylation is 1. The van der Waals surface area contributed by atoms with E-state index in [0.717, 1.165) is 6.92 Å². The minimum atomic E-state index is -5.00. The van der Waals surface area contributed by atoms with Gasteiger partial charge >= 0.3 is 12.5 Å². The molecule has 9 heteroatoms. The SMILES string of the molecule is Cc1nc(C(F)(F)F)c(CN)cc1OC(F)(F)F. The molecule has 18 heavy (non-hydrogen) atoms. The predicted molar refractivity (Wildman–Crippen MR) is 48.6 cm³/mol. The highest BCUT2D eigenvalue weighted by molar-refractivity contribution is 5.36. The van der Waals surface area contributed by atoms with Crippen LogP contribution in [0.1, 0.15) is 17.0 Å². The number of aromatic nitrogens is 1. The molecule has 0 spiro atoms. The van der Waals surface area contributed by atoms with Gasteiger partial charge in [0.1, 0.15) is 5.69 Å². The first-order valence-electron chi connectivity index (χ1n) is 4.58. The van der Waals surface area contributed by atoms with Gasteiger partial charge in [-0.2, -0.15) is 13.2 Å². The zero-order valence-electron chi connectivity index (χ0n) is 8.99. The molecule has 3 nitrogen and oxygen atoms in total. The Morgan fingerprint density at radius 3 is 2.17 bits per heavy atom. The van der Waals surface area contributed by atoms with Crippen LogP contribution < -0.4 is 10.5 Å². The molecule has 0 aliphatic heterocycles. The zero-order chi connectivity index (χ0) is 14.1. The van der Waals surface area contributed by atoms with E-state index in [2.05, 4.69) is 9.72 Å². The Bertz CT molecular complexity index is 440. The number of ether oxygens (including phenoxy) is 1. The lowest BCUT2D eigenvalue weighted by Crippen LogP contribution is -2.20. The molecule has 0 bridgehead atoms.